The lowest BCUT2D eigenvalue weighted by Crippen LogP contribution is -2.28. The fraction of sp³-hybridized carbons (Fsp3) is 0.333. The van der Waals surface area contributed by atoms with Crippen LogP contribution in [0.25, 0.3) is 0 Å². The zero-order valence-electron chi connectivity index (χ0n) is 12.7. The normalized spacial score (nSPS) is 11.3. The quantitative estimate of drug-likeness (QED) is 0.802. The average Bonchev–Trinajstić information content (AvgIpc) is 2.84. The van der Waals surface area contributed by atoms with E-state index in [-0.39, 0.29) is 11.4 Å². The van der Waals surface area contributed by atoms with Gasteiger partial charge in [0.1, 0.15) is 16.3 Å². The van der Waals surface area contributed by atoms with Gasteiger partial charge in [0.2, 0.25) is 10.0 Å². The number of aromatic nitrogens is 2. The summed E-state index contributed by atoms with van der Waals surface area (Å²) in [5.41, 5.74) is 1.03. The van der Waals surface area contributed by atoms with Gasteiger partial charge in [-0.2, -0.15) is 4.31 Å². The number of rotatable bonds is 4. The van der Waals surface area contributed by atoms with Crippen LogP contribution in [-0.4, -0.2) is 36.5 Å². The Morgan fingerprint density at radius 1 is 1.32 bits per heavy atom. The number of aryl methyl sites for hydroxylation is 2. The summed E-state index contributed by atoms with van der Waals surface area (Å²) in [6.07, 6.45) is 2.08. The molecule has 2 heterocycles. The molecule has 22 heavy (non-hydrogen) atoms. The van der Waals surface area contributed by atoms with Crippen molar-refractivity contribution in [2.45, 2.75) is 25.2 Å². The van der Waals surface area contributed by atoms with Crippen LogP contribution >= 0.6 is 0 Å². The molecular weight excluding hydrogens is 302 g/mol. The lowest BCUT2D eigenvalue weighted by molar-refractivity contribution is 0.390. The Bertz CT molecular complexity index is 782. The molecule has 0 amide bonds. The van der Waals surface area contributed by atoms with Crippen LogP contribution in [0.5, 0.6) is 0 Å². The van der Waals surface area contributed by atoms with E-state index in [0.29, 0.717) is 23.6 Å². The Balaban J connectivity index is 2.04. The molecule has 0 radical (unpaired) electrons. The van der Waals surface area contributed by atoms with Crippen LogP contribution in [0.3, 0.4) is 0 Å². The summed E-state index contributed by atoms with van der Waals surface area (Å²) in [4.78, 5) is 4.21. The second-order valence-electron chi connectivity index (χ2n) is 4.75. The molecule has 0 saturated carbocycles. The van der Waals surface area contributed by atoms with Crippen molar-refractivity contribution in [2.75, 3.05) is 13.6 Å². The second-order valence-corrected chi connectivity index (χ2v) is 6.73. The van der Waals surface area contributed by atoms with Crippen LogP contribution in [0.1, 0.15) is 23.6 Å². The first kappa shape index (κ1) is 16.2. The highest BCUT2D eigenvalue weighted by Gasteiger charge is 2.27. The van der Waals surface area contributed by atoms with Gasteiger partial charge in [0, 0.05) is 26.2 Å². The molecule has 0 aliphatic carbocycles. The minimum atomic E-state index is -3.61. The molecule has 2 rings (SSSR count). The standard InChI is InChI=1S/C15H17N3O3S/c1-12-15(13(2)21-17-12)22(19,20)18(3)11-7-5-9-14-8-4-6-10-16-14/h4,6,8,10H,7,11H2,1-3H3. The number of pyridine rings is 1. The monoisotopic (exact) mass is 319 g/mol. The van der Waals surface area contributed by atoms with Gasteiger partial charge in [-0.15, -0.1) is 0 Å². The first-order valence-electron chi connectivity index (χ1n) is 6.72. The molecule has 0 aliphatic heterocycles. The first-order valence-corrected chi connectivity index (χ1v) is 8.16. The van der Waals surface area contributed by atoms with E-state index in [1.54, 1.807) is 26.1 Å². The molecule has 0 aromatic carbocycles. The molecule has 2 aromatic heterocycles. The summed E-state index contributed by atoms with van der Waals surface area (Å²) in [6.45, 7) is 3.48. The largest absolute Gasteiger partial charge is 0.360 e. The lowest BCUT2D eigenvalue weighted by atomic mass is 10.3. The van der Waals surface area contributed by atoms with E-state index >= 15 is 0 Å². The van der Waals surface area contributed by atoms with Gasteiger partial charge in [0.05, 0.1) is 0 Å². The third-order valence-corrected chi connectivity index (χ3v) is 5.17. The van der Waals surface area contributed by atoms with Crippen molar-refractivity contribution < 1.29 is 12.9 Å². The molecule has 0 unspecified atom stereocenters. The summed E-state index contributed by atoms with van der Waals surface area (Å²) >= 11 is 0. The summed E-state index contributed by atoms with van der Waals surface area (Å²) in [6, 6.07) is 5.47. The van der Waals surface area contributed by atoms with Crippen LogP contribution in [0.15, 0.2) is 33.8 Å². The van der Waals surface area contributed by atoms with E-state index in [1.165, 1.54) is 11.4 Å². The molecule has 2 aromatic rings. The third-order valence-electron chi connectivity index (χ3n) is 3.07. The topological polar surface area (TPSA) is 76.3 Å². The molecule has 6 nitrogen and oxygen atoms in total. The van der Waals surface area contributed by atoms with Gasteiger partial charge in [-0.1, -0.05) is 17.1 Å². The Morgan fingerprint density at radius 2 is 2.09 bits per heavy atom. The van der Waals surface area contributed by atoms with Gasteiger partial charge in [0.15, 0.2) is 5.76 Å². The van der Waals surface area contributed by atoms with Crippen LogP contribution in [-0.2, 0) is 10.0 Å². The molecule has 0 N–H and O–H groups in total. The zero-order chi connectivity index (χ0) is 16.2. The highest BCUT2D eigenvalue weighted by Crippen LogP contribution is 2.22. The molecular formula is C15H17N3O3S. The predicted octanol–water partition coefficient (Wildman–Crippen LogP) is 1.75. The number of hydrogen-bond acceptors (Lipinski definition) is 5. The van der Waals surface area contributed by atoms with E-state index in [9.17, 15) is 8.42 Å². The highest BCUT2D eigenvalue weighted by atomic mass is 32.2. The first-order chi connectivity index (χ1) is 10.4. The summed E-state index contributed by atoms with van der Waals surface area (Å²) in [7, 11) is -2.09. The van der Waals surface area contributed by atoms with Crippen LogP contribution in [0, 0.1) is 25.7 Å². The Hall–Kier alpha value is -2.17. The van der Waals surface area contributed by atoms with E-state index < -0.39 is 10.0 Å². The predicted molar refractivity (Wildman–Crippen MR) is 81.5 cm³/mol. The van der Waals surface area contributed by atoms with Crippen molar-refractivity contribution in [3.8, 4) is 11.8 Å². The van der Waals surface area contributed by atoms with Gasteiger partial charge in [-0.05, 0) is 31.9 Å². The fourth-order valence-corrected chi connectivity index (χ4v) is 3.38. The maximum Gasteiger partial charge on any atom is 0.248 e. The van der Waals surface area contributed by atoms with Gasteiger partial charge in [-0.25, -0.2) is 13.4 Å². The van der Waals surface area contributed by atoms with Gasteiger partial charge in [0.25, 0.3) is 0 Å². The van der Waals surface area contributed by atoms with Crippen molar-refractivity contribution in [3.63, 3.8) is 0 Å². The highest BCUT2D eigenvalue weighted by molar-refractivity contribution is 7.89. The maximum atomic E-state index is 12.5. The molecule has 0 spiro atoms. The summed E-state index contributed by atoms with van der Waals surface area (Å²) < 4.78 is 31.1. The molecule has 7 heteroatoms. The Labute approximate surface area is 130 Å². The van der Waals surface area contributed by atoms with Crippen molar-refractivity contribution in [1.82, 2.24) is 14.4 Å². The SMILES string of the molecule is Cc1noc(C)c1S(=O)(=O)N(C)CCC#Cc1ccccn1. The smallest absolute Gasteiger partial charge is 0.248 e. The van der Waals surface area contributed by atoms with E-state index in [1.807, 2.05) is 12.1 Å². The van der Waals surface area contributed by atoms with E-state index in [2.05, 4.69) is 22.0 Å². The molecule has 116 valence electrons. The molecule has 0 fully saturated rings. The number of nitrogens with zero attached hydrogens (tertiary/aromatic N) is 3. The van der Waals surface area contributed by atoms with Crippen LogP contribution in [0.2, 0.25) is 0 Å². The zero-order valence-corrected chi connectivity index (χ0v) is 13.5. The van der Waals surface area contributed by atoms with Gasteiger partial charge >= 0.3 is 0 Å². The second kappa shape index (κ2) is 6.73. The van der Waals surface area contributed by atoms with Crippen LogP contribution in [0.4, 0.5) is 0 Å². The van der Waals surface area contributed by atoms with E-state index in [0.717, 1.165) is 0 Å². The third kappa shape index (κ3) is 3.53. The Kier molecular flexibility index (Phi) is 4.96. The summed E-state index contributed by atoms with van der Waals surface area (Å²) in [5, 5.41) is 3.68. The van der Waals surface area contributed by atoms with E-state index in [4.69, 9.17) is 4.52 Å². The average molecular weight is 319 g/mol. The molecule has 0 aliphatic rings. The minimum Gasteiger partial charge on any atom is -0.360 e. The van der Waals surface area contributed by atoms with Gasteiger partial charge in [-0.3, -0.25) is 0 Å². The van der Waals surface area contributed by atoms with Crippen molar-refractivity contribution in [2.24, 2.45) is 0 Å². The van der Waals surface area contributed by atoms with Gasteiger partial charge < -0.3 is 4.52 Å². The van der Waals surface area contributed by atoms with Crippen LogP contribution < -0.4 is 0 Å². The number of sulfonamides is 1. The maximum absolute atomic E-state index is 12.5. The Morgan fingerprint density at radius 3 is 2.68 bits per heavy atom. The minimum absolute atomic E-state index is 0.132. The molecule has 0 bridgehead atoms. The molecule has 0 saturated heterocycles. The fourth-order valence-electron chi connectivity index (χ4n) is 1.92. The lowest BCUT2D eigenvalue weighted by Gasteiger charge is -2.15. The van der Waals surface area contributed by atoms with Crippen molar-refractivity contribution in [1.29, 1.82) is 0 Å². The molecule has 0 atom stereocenters. The summed E-state index contributed by atoms with van der Waals surface area (Å²) in [5.74, 6) is 6.11. The van der Waals surface area contributed by atoms with Crippen molar-refractivity contribution in [3.05, 3.63) is 41.5 Å². The van der Waals surface area contributed by atoms with Crippen molar-refractivity contribution >= 4 is 10.0 Å². The number of hydrogen-bond donors (Lipinski definition) is 0.